The number of pyridine rings is 1. The van der Waals surface area contributed by atoms with E-state index in [-0.39, 0.29) is 17.4 Å². The Hall–Kier alpha value is -3.23. The second-order valence-electron chi connectivity index (χ2n) is 13.8. The highest BCUT2D eigenvalue weighted by molar-refractivity contribution is 5.57. The number of rotatable bonds is 11. The van der Waals surface area contributed by atoms with Crippen LogP contribution in [0.25, 0.3) is 12.2 Å². The first kappa shape index (κ1) is 34.3. The van der Waals surface area contributed by atoms with E-state index in [2.05, 4.69) is 151 Å². The molecule has 3 rings (SSSR count). The number of aliphatic hydroxyl groups excluding tert-OH is 1. The second kappa shape index (κ2) is 16.0. The summed E-state index contributed by atoms with van der Waals surface area (Å²) in [7, 11) is 0. The van der Waals surface area contributed by atoms with Crippen LogP contribution in [0, 0.1) is 10.8 Å². The first-order valence-corrected chi connectivity index (χ1v) is 16.2. The molecule has 1 aromatic heterocycles. The van der Waals surface area contributed by atoms with Gasteiger partial charge in [-0.05, 0) is 99.3 Å². The maximum absolute atomic E-state index is 9.60. The smallest absolute Gasteiger partial charge is 0.206 e. The van der Waals surface area contributed by atoms with E-state index >= 15 is 0 Å². The zero-order chi connectivity index (χ0) is 31.5. The van der Waals surface area contributed by atoms with Crippen LogP contribution in [0.3, 0.4) is 0 Å². The van der Waals surface area contributed by atoms with Gasteiger partial charge >= 0.3 is 0 Å². The molecule has 0 radical (unpaired) electrons. The van der Waals surface area contributed by atoms with Crippen molar-refractivity contribution in [2.45, 2.75) is 100 Å². The van der Waals surface area contributed by atoms with Gasteiger partial charge in [0.25, 0.3) is 0 Å². The minimum absolute atomic E-state index is 0.109. The molecule has 0 atom stereocenters. The molecule has 0 bridgehead atoms. The predicted molar refractivity (Wildman–Crippen MR) is 187 cm³/mol. The van der Waals surface area contributed by atoms with Crippen molar-refractivity contribution in [3.63, 3.8) is 0 Å². The van der Waals surface area contributed by atoms with Crippen molar-refractivity contribution in [2.75, 3.05) is 6.61 Å². The molecule has 2 heteroatoms. The largest absolute Gasteiger partial charge is 0.390 e. The summed E-state index contributed by atoms with van der Waals surface area (Å²) in [6.07, 6.45) is 35.7. The standard InChI is InChI=1S/C41H56NO/c1-32(22-23-39-35(4)19-15-26-41(39,7)8)16-13-17-33(2)30-37-31-36(24-27-42(37)28-29-43)20-11-9-10-12-21-38-34(3)18-14-25-40(38,5)6/h9-13,16-17,20-24,27,30-31,43H,14-15,18-19,25-26,28-29H2,1-8H3/q+1. The van der Waals surface area contributed by atoms with Crippen LogP contribution in [0.1, 0.15) is 105 Å². The van der Waals surface area contributed by atoms with E-state index in [1.165, 1.54) is 66.4 Å². The number of allylic oxidation sites excluding steroid dienone is 16. The molecular weight excluding hydrogens is 522 g/mol. The van der Waals surface area contributed by atoms with E-state index in [1.807, 2.05) is 0 Å². The van der Waals surface area contributed by atoms with Crippen molar-refractivity contribution >= 4 is 12.2 Å². The van der Waals surface area contributed by atoms with Gasteiger partial charge in [-0.25, -0.2) is 0 Å². The third-order valence-electron chi connectivity index (χ3n) is 9.01. The lowest BCUT2D eigenvalue weighted by Gasteiger charge is -2.32. The Balaban J connectivity index is 1.68. The highest BCUT2D eigenvalue weighted by Crippen LogP contribution is 2.41. The average Bonchev–Trinajstić information content (AvgIpc) is 2.92. The fourth-order valence-electron chi connectivity index (χ4n) is 6.47. The summed E-state index contributed by atoms with van der Waals surface area (Å²) < 4.78 is 2.10. The Labute approximate surface area is 263 Å². The molecular formula is C41H56NO+. The van der Waals surface area contributed by atoms with Crippen LogP contribution in [0.2, 0.25) is 0 Å². The van der Waals surface area contributed by atoms with Crippen LogP contribution in [-0.2, 0) is 6.54 Å². The van der Waals surface area contributed by atoms with Crippen LogP contribution in [0.15, 0.2) is 113 Å². The minimum atomic E-state index is 0.109. The number of hydrogen-bond acceptors (Lipinski definition) is 1. The van der Waals surface area contributed by atoms with E-state index in [1.54, 1.807) is 0 Å². The van der Waals surface area contributed by atoms with Crippen LogP contribution in [-0.4, -0.2) is 11.7 Å². The maximum Gasteiger partial charge on any atom is 0.206 e. The summed E-state index contributed by atoms with van der Waals surface area (Å²) in [6, 6.07) is 4.28. The first-order valence-electron chi connectivity index (χ1n) is 16.2. The third-order valence-corrected chi connectivity index (χ3v) is 9.01. The minimum Gasteiger partial charge on any atom is -0.390 e. The lowest BCUT2D eigenvalue weighted by Crippen LogP contribution is -2.38. The monoisotopic (exact) mass is 578 g/mol. The summed E-state index contributed by atoms with van der Waals surface area (Å²) in [5.74, 6) is 0. The molecule has 2 aliphatic rings. The molecule has 0 aliphatic heterocycles. The molecule has 2 nitrogen and oxygen atoms in total. The Bertz CT molecular complexity index is 1390. The molecule has 1 heterocycles. The van der Waals surface area contributed by atoms with Gasteiger partial charge in [0.15, 0.2) is 12.7 Å². The maximum atomic E-state index is 9.60. The van der Waals surface area contributed by atoms with Crippen molar-refractivity contribution in [3.05, 3.63) is 124 Å². The van der Waals surface area contributed by atoms with Crippen LogP contribution < -0.4 is 4.57 Å². The molecule has 0 aromatic carbocycles. The molecule has 0 spiro atoms. The summed E-state index contributed by atoms with van der Waals surface area (Å²) in [5.41, 5.74) is 11.2. The van der Waals surface area contributed by atoms with Crippen molar-refractivity contribution < 1.29 is 9.67 Å². The van der Waals surface area contributed by atoms with Crippen molar-refractivity contribution in [3.8, 4) is 0 Å². The molecule has 1 N–H and O–H groups in total. The Morgan fingerprint density at radius 2 is 1.40 bits per heavy atom. The highest BCUT2D eigenvalue weighted by atomic mass is 16.3. The van der Waals surface area contributed by atoms with Crippen LogP contribution in [0.5, 0.6) is 0 Å². The Morgan fingerprint density at radius 1 is 0.791 bits per heavy atom. The average molecular weight is 579 g/mol. The molecule has 43 heavy (non-hydrogen) atoms. The zero-order valence-corrected chi connectivity index (χ0v) is 28.2. The lowest BCUT2D eigenvalue weighted by molar-refractivity contribution is -0.699. The SMILES string of the molecule is CC(C=CC1=C(C)CCCC1(C)C)=CC=CC(C)=Cc1cc(C=CC=CC=CC2=C(C)CCCC2(C)C)cc[n+]1CCO. The van der Waals surface area contributed by atoms with Crippen LogP contribution in [0.4, 0.5) is 0 Å². The number of nitrogens with zero attached hydrogens (tertiary/aromatic N) is 1. The van der Waals surface area contributed by atoms with Gasteiger partial charge in [0.1, 0.15) is 6.61 Å². The van der Waals surface area contributed by atoms with Crippen molar-refractivity contribution in [1.29, 1.82) is 0 Å². The van der Waals surface area contributed by atoms with Gasteiger partial charge in [0.2, 0.25) is 5.69 Å². The van der Waals surface area contributed by atoms with E-state index in [0.29, 0.717) is 6.54 Å². The summed E-state index contributed by atoms with van der Waals surface area (Å²) in [5, 5.41) is 9.60. The van der Waals surface area contributed by atoms with Gasteiger partial charge in [-0.1, -0.05) is 111 Å². The summed E-state index contributed by atoms with van der Waals surface area (Å²) in [6.45, 7) is 19.0. The fourth-order valence-corrected chi connectivity index (χ4v) is 6.47. The van der Waals surface area contributed by atoms with Crippen LogP contribution >= 0.6 is 0 Å². The molecule has 230 valence electrons. The van der Waals surface area contributed by atoms with Crippen molar-refractivity contribution in [1.82, 2.24) is 0 Å². The lowest BCUT2D eigenvalue weighted by atomic mass is 9.72. The van der Waals surface area contributed by atoms with Gasteiger partial charge in [0, 0.05) is 18.2 Å². The summed E-state index contributed by atoms with van der Waals surface area (Å²) >= 11 is 0. The topological polar surface area (TPSA) is 24.1 Å². The Kier molecular flexibility index (Phi) is 12.8. The van der Waals surface area contributed by atoms with E-state index < -0.39 is 0 Å². The molecule has 0 amide bonds. The molecule has 2 aliphatic carbocycles. The third kappa shape index (κ3) is 10.5. The molecule has 0 unspecified atom stereocenters. The quantitative estimate of drug-likeness (QED) is 0.205. The predicted octanol–water partition coefficient (Wildman–Crippen LogP) is 10.6. The zero-order valence-electron chi connectivity index (χ0n) is 28.2. The van der Waals surface area contributed by atoms with E-state index in [4.69, 9.17) is 0 Å². The molecule has 1 aromatic rings. The van der Waals surface area contributed by atoms with Gasteiger partial charge in [-0.3, -0.25) is 0 Å². The van der Waals surface area contributed by atoms with Gasteiger partial charge in [-0.15, -0.1) is 0 Å². The molecule has 0 fully saturated rings. The van der Waals surface area contributed by atoms with Gasteiger partial charge < -0.3 is 5.11 Å². The Morgan fingerprint density at radius 3 is 2.00 bits per heavy atom. The summed E-state index contributed by atoms with van der Waals surface area (Å²) in [4.78, 5) is 0. The number of aromatic nitrogens is 1. The number of hydrogen-bond donors (Lipinski definition) is 1. The van der Waals surface area contributed by atoms with Gasteiger partial charge in [-0.2, -0.15) is 4.57 Å². The fraction of sp³-hybridized carbons (Fsp3) is 0.439. The van der Waals surface area contributed by atoms with E-state index in [0.717, 1.165) is 16.8 Å². The molecule has 0 saturated heterocycles. The van der Waals surface area contributed by atoms with E-state index in [9.17, 15) is 5.11 Å². The highest BCUT2D eigenvalue weighted by Gasteiger charge is 2.27. The molecule has 0 saturated carbocycles. The number of aliphatic hydroxyl groups is 1. The second-order valence-corrected chi connectivity index (χ2v) is 13.8. The first-order chi connectivity index (χ1) is 20.4. The van der Waals surface area contributed by atoms with Crippen molar-refractivity contribution in [2.24, 2.45) is 10.8 Å². The normalized spacial score (nSPS) is 20.3. The van der Waals surface area contributed by atoms with Gasteiger partial charge in [0.05, 0.1) is 0 Å².